The monoisotopic (exact) mass is 397 g/mol. The molecule has 10 heteroatoms. The zero-order chi connectivity index (χ0) is 19.7. The summed E-state index contributed by atoms with van der Waals surface area (Å²) in [5, 5.41) is 6.79. The Hall–Kier alpha value is -2.26. The van der Waals surface area contributed by atoms with E-state index < -0.39 is 11.7 Å². The summed E-state index contributed by atoms with van der Waals surface area (Å²) >= 11 is 0. The average molecular weight is 397 g/mol. The number of halogens is 3. The lowest BCUT2D eigenvalue weighted by molar-refractivity contribution is -0.137. The van der Waals surface area contributed by atoms with E-state index in [0.717, 1.165) is 31.7 Å². The Morgan fingerprint density at radius 2 is 1.89 bits per heavy atom. The van der Waals surface area contributed by atoms with Gasteiger partial charge in [-0.05, 0) is 25.2 Å². The van der Waals surface area contributed by atoms with E-state index in [1.54, 1.807) is 4.90 Å². The summed E-state index contributed by atoms with van der Waals surface area (Å²) in [6.45, 7) is 3.09. The predicted molar refractivity (Wildman–Crippen MR) is 91.0 cm³/mol. The Bertz CT molecular complexity index is 815. The number of likely N-dealkylation sites (tertiary alicyclic amines) is 2. The van der Waals surface area contributed by atoms with E-state index in [4.69, 9.17) is 0 Å². The van der Waals surface area contributed by atoms with Crippen molar-refractivity contribution in [2.45, 2.75) is 43.9 Å². The quantitative estimate of drug-likeness (QED) is 0.826. The summed E-state index contributed by atoms with van der Waals surface area (Å²) < 4.78 is 39.3. The number of carbonyl (C=O) groups excluding carboxylic acids is 2. The molecule has 2 spiro atoms. The van der Waals surface area contributed by atoms with Gasteiger partial charge in [-0.15, -0.1) is 0 Å². The van der Waals surface area contributed by atoms with Gasteiger partial charge in [0.05, 0.1) is 17.3 Å². The molecule has 1 N–H and O–H groups in total. The summed E-state index contributed by atoms with van der Waals surface area (Å²) in [4.78, 5) is 27.6. The number of nitrogens with one attached hydrogen (secondary N) is 1. The third-order valence-electron chi connectivity index (χ3n) is 6.67. The molecule has 1 aromatic heterocycles. The zero-order valence-electron chi connectivity index (χ0n) is 15.3. The summed E-state index contributed by atoms with van der Waals surface area (Å²) in [7, 11) is 0. The summed E-state index contributed by atoms with van der Waals surface area (Å²) in [6, 6.07) is 0.0303. The topological polar surface area (TPSA) is 70.5 Å². The number of amides is 3. The number of hydrogen-bond donors (Lipinski definition) is 1. The number of nitrogens with zero attached hydrogens (tertiary/aromatic N) is 4. The van der Waals surface area contributed by atoms with Crippen molar-refractivity contribution in [3.05, 3.63) is 18.0 Å². The second-order valence-corrected chi connectivity index (χ2v) is 9.05. The lowest BCUT2D eigenvalue weighted by Gasteiger charge is -2.61. The van der Waals surface area contributed by atoms with Gasteiger partial charge in [0, 0.05) is 50.8 Å². The van der Waals surface area contributed by atoms with E-state index in [1.807, 2.05) is 4.90 Å². The molecule has 5 rings (SSSR count). The van der Waals surface area contributed by atoms with E-state index in [2.05, 4.69) is 10.4 Å². The molecular weight excluding hydrogens is 375 g/mol. The highest BCUT2D eigenvalue weighted by Crippen LogP contribution is 2.52. The molecule has 1 aromatic rings. The summed E-state index contributed by atoms with van der Waals surface area (Å²) in [6.07, 6.45) is 0.732. The van der Waals surface area contributed by atoms with Gasteiger partial charge in [0.15, 0.2) is 0 Å². The van der Waals surface area contributed by atoms with Crippen molar-refractivity contribution in [2.24, 2.45) is 11.3 Å². The summed E-state index contributed by atoms with van der Waals surface area (Å²) in [5.41, 5.74) is -0.784. The molecule has 0 aromatic carbocycles. The van der Waals surface area contributed by atoms with E-state index in [9.17, 15) is 22.8 Å². The van der Waals surface area contributed by atoms with Crippen LogP contribution in [0.5, 0.6) is 0 Å². The van der Waals surface area contributed by atoms with Crippen molar-refractivity contribution in [2.75, 3.05) is 26.2 Å². The lowest BCUT2D eigenvalue weighted by Crippen LogP contribution is -2.73. The maximum Gasteiger partial charge on any atom is 0.419 e. The Balaban J connectivity index is 1.07. The van der Waals surface area contributed by atoms with Crippen LogP contribution in [0.25, 0.3) is 0 Å². The maximum atomic E-state index is 12.6. The van der Waals surface area contributed by atoms with Gasteiger partial charge in [-0.3, -0.25) is 9.48 Å². The lowest BCUT2D eigenvalue weighted by atomic mass is 9.58. The van der Waals surface area contributed by atoms with Crippen LogP contribution in [0.2, 0.25) is 0 Å². The minimum Gasteiger partial charge on any atom is -0.347 e. The maximum absolute atomic E-state index is 12.6. The van der Waals surface area contributed by atoms with Crippen LogP contribution in [-0.4, -0.2) is 63.2 Å². The van der Waals surface area contributed by atoms with Crippen LogP contribution < -0.4 is 5.32 Å². The molecule has 152 valence electrons. The molecule has 28 heavy (non-hydrogen) atoms. The fraction of sp³-hybridized carbons (Fsp3) is 0.722. The van der Waals surface area contributed by atoms with E-state index >= 15 is 0 Å². The van der Waals surface area contributed by atoms with Gasteiger partial charge in [-0.2, -0.15) is 18.3 Å². The van der Waals surface area contributed by atoms with E-state index in [0.29, 0.717) is 45.1 Å². The molecule has 3 saturated heterocycles. The molecule has 7 nitrogen and oxygen atoms in total. The number of carbonyl (C=O) groups is 2. The molecule has 1 aliphatic carbocycles. The Kier molecular flexibility index (Phi) is 3.59. The molecule has 0 radical (unpaired) electrons. The van der Waals surface area contributed by atoms with Crippen LogP contribution in [0.15, 0.2) is 12.4 Å². The first-order valence-electron chi connectivity index (χ1n) is 9.60. The normalized spacial score (nSPS) is 25.5. The fourth-order valence-corrected chi connectivity index (χ4v) is 5.36. The first kappa shape index (κ1) is 17.8. The minimum absolute atomic E-state index is 0.0303. The highest BCUT2D eigenvalue weighted by molar-refractivity contribution is 5.82. The molecule has 4 aliphatic rings. The highest BCUT2D eigenvalue weighted by atomic mass is 19.4. The number of aromatic nitrogens is 2. The second kappa shape index (κ2) is 5.64. The molecule has 3 amide bonds. The SMILES string of the molecule is O=C1CCC2(CN(C(=O)N3CC4(CC(Cn5cc(C(F)(F)F)cn5)C4)C3)C2)N1. The van der Waals surface area contributed by atoms with Crippen molar-refractivity contribution in [1.29, 1.82) is 0 Å². The van der Waals surface area contributed by atoms with Crippen LogP contribution in [0, 0.1) is 11.3 Å². The second-order valence-electron chi connectivity index (χ2n) is 9.05. The van der Waals surface area contributed by atoms with Crippen LogP contribution in [-0.2, 0) is 17.5 Å². The first-order chi connectivity index (χ1) is 13.2. The Morgan fingerprint density at radius 3 is 2.46 bits per heavy atom. The number of alkyl halides is 3. The van der Waals surface area contributed by atoms with Crippen LogP contribution >= 0.6 is 0 Å². The molecule has 0 atom stereocenters. The Morgan fingerprint density at radius 1 is 1.21 bits per heavy atom. The van der Waals surface area contributed by atoms with Gasteiger partial charge in [0.25, 0.3) is 0 Å². The van der Waals surface area contributed by atoms with Gasteiger partial charge in [-0.25, -0.2) is 4.79 Å². The smallest absolute Gasteiger partial charge is 0.347 e. The highest BCUT2D eigenvalue weighted by Gasteiger charge is 2.56. The van der Waals surface area contributed by atoms with Crippen molar-refractivity contribution in [3.8, 4) is 0 Å². The third-order valence-corrected chi connectivity index (χ3v) is 6.67. The van der Waals surface area contributed by atoms with Crippen LogP contribution in [0.4, 0.5) is 18.0 Å². The molecular formula is C18H22F3N5O2. The van der Waals surface area contributed by atoms with E-state index in [-0.39, 0.29) is 22.9 Å². The van der Waals surface area contributed by atoms with Crippen molar-refractivity contribution in [1.82, 2.24) is 24.9 Å². The predicted octanol–water partition coefficient (Wildman–Crippen LogP) is 1.70. The van der Waals surface area contributed by atoms with Gasteiger partial charge in [0.2, 0.25) is 5.91 Å². The molecule has 0 bridgehead atoms. The Labute approximate surface area is 159 Å². The standard InChI is InChI=1S/C18H22F3N5O2/c19-18(20,21)13-5-22-26(7-13)6-12-3-16(4-12)8-24(9-16)15(28)25-10-17(11-25)2-1-14(27)23-17/h5,7,12H,1-4,6,8-11H2,(H,23,27). The van der Waals surface area contributed by atoms with E-state index in [1.165, 1.54) is 4.68 Å². The molecule has 4 fully saturated rings. The first-order valence-corrected chi connectivity index (χ1v) is 9.60. The largest absolute Gasteiger partial charge is 0.419 e. The number of rotatable bonds is 2. The zero-order valence-corrected chi connectivity index (χ0v) is 15.3. The molecule has 3 aliphatic heterocycles. The summed E-state index contributed by atoms with van der Waals surface area (Å²) in [5.74, 6) is 0.370. The van der Waals surface area contributed by atoms with Gasteiger partial charge in [-0.1, -0.05) is 0 Å². The van der Waals surface area contributed by atoms with Crippen molar-refractivity contribution in [3.63, 3.8) is 0 Å². The number of urea groups is 1. The van der Waals surface area contributed by atoms with Crippen molar-refractivity contribution >= 4 is 11.9 Å². The molecule has 1 saturated carbocycles. The fourth-order valence-electron chi connectivity index (χ4n) is 5.36. The van der Waals surface area contributed by atoms with Gasteiger partial charge in [0.1, 0.15) is 0 Å². The van der Waals surface area contributed by atoms with Gasteiger partial charge < -0.3 is 15.1 Å². The minimum atomic E-state index is -4.36. The van der Waals surface area contributed by atoms with Crippen LogP contribution in [0.3, 0.4) is 0 Å². The number of hydrogen-bond acceptors (Lipinski definition) is 3. The van der Waals surface area contributed by atoms with Gasteiger partial charge >= 0.3 is 12.2 Å². The molecule has 4 heterocycles. The van der Waals surface area contributed by atoms with Crippen LogP contribution in [0.1, 0.15) is 31.2 Å². The molecule has 0 unspecified atom stereocenters. The van der Waals surface area contributed by atoms with Crippen molar-refractivity contribution < 1.29 is 22.8 Å². The average Bonchev–Trinajstić information content (AvgIpc) is 3.12. The third kappa shape index (κ3) is 2.84.